The summed E-state index contributed by atoms with van der Waals surface area (Å²) in [6.07, 6.45) is 0. The minimum atomic E-state index is -4.11. The number of hydrogen-bond donors (Lipinski definition) is 1. The van der Waals surface area contributed by atoms with E-state index in [9.17, 15) is 18.0 Å². The predicted octanol–water partition coefficient (Wildman–Crippen LogP) is 5.48. The van der Waals surface area contributed by atoms with Gasteiger partial charge in [0.1, 0.15) is 12.6 Å². The molecule has 3 rings (SSSR count). The van der Waals surface area contributed by atoms with Crippen LogP contribution in [0, 0.1) is 13.8 Å². The number of anilines is 1. The number of amides is 2. The fourth-order valence-electron chi connectivity index (χ4n) is 4.04. The predicted molar refractivity (Wildman–Crippen MR) is 156 cm³/mol. The maximum Gasteiger partial charge on any atom is 0.264 e. The Bertz CT molecular complexity index is 1420. The molecule has 1 unspecified atom stereocenters. The summed E-state index contributed by atoms with van der Waals surface area (Å²) in [5.41, 5.74) is 2.25. The van der Waals surface area contributed by atoms with Crippen LogP contribution in [0.4, 0.5) is 5.69 Å². The van der Waals surface area contributed by atoms with E-state index in [1.165, 1.54) is 17.0 Å². The molecule has 3 aromatic rings. The number of benzene rings is 3. The molecule has 0 radical (unpaired) electrons. The minimum Gasteiger partial charge on any atom is -0.350 e. The van der Waals surface area contributed by atoms with Crippen molar-refractivity contribution < 1.29 is 18.0 Å². The second-order valence-corrected chi connectivity index (χ2v) is 13.0. The summed E-state index contributed by atoms with van der Waals surface area (Å²) in [4.78, 5) is 28.6. The zero-order chi connectivity index (χ0) is 29.0. The monoisotopic (exact) mass is 569 g/mol. The molecule has 0 aromatic heterocycles. The van der Waals surface area contributed by atoms with Crippen molar-refractivity contribution >= 4 is 39.1 Å². The summed E-state index contributed by atoms with van der Waals surface area (Å²) >= 11 is 6.05. The highest BCUT2D eigenvalue weighted by atomic mass is 35.5. The van der Waals surface area contributed by atoms with Crippen molar-refractivity contribution in [3.63, 3.8) is 0 Å². The first-order chi connectivity index (χ1) is 18.2. The van der Waals surface area contributed by atoms with E-state index < -0.39 is 34.1 Å². The third-order valence-electron chi connectivity index (χ3n) is 6.20. The molecule has 3 aromatic carbocycles. The average Bonchev–Trinajstić information content (AvgIpc) is 2.86. The molecule has 0 aliphatic rings. The Labute approximate surface area is 236 Å². The highest BCUT2D eigenvalue weighted by molar-refractivity contribution is 7.92. The molecule has 0 aliphatic heterocycles. The van der Waals surface area contributed by atoms with Crippen molar-refractivity contribution in [3.8, 4) is 0 Å². The standard InChI is InChI=1S/C30H36ClN3O4S/c1-21-11-17-26(18-12-21)39(37,38)34(27-10-8-7-9-22(27)2)20-28(35)33(19-24-13-15-25(31)16-14-24)23(3)29(36)32-30(4,5)6/h7-18,23H,19-20H2,1-6H3,(H,32,36). The number of hydrogen-bond acceptors (Lipinski definition) is 4. The van der Waals surface area contributed by atoms with Crippen LogP contribution in [0.3, 0.4) is 0 Å². The summed E-state index contributed by atoms with van der Waals surface area (Å²) in [7, 11) is -4.11. The van der Waals surface area contributed by atoms with E-state index in [2.05, 4.69) is 5.32 Å². The molecule has 9 heteroatoms. The summed E-state index contributed by atoms with van der Waals surface area (Å²) in [6.45, 7) is 10.5. The number of para-hydroxylation sites is 1. The quantitative estimate of drug-likeness (QED) is 0.369. The van der Waals surface area contributed by atoms with Crippen LogP contribution in [0.15, 0.2) is 77.7 Å². The van der Waals surface area contributed by atoms with Crippen molar-refractivity contribution in [3.05, 3.63) is 94.5 Å². The number of halogens is 1. The van der Waals surface area contributed by atoms with Gasteiger partial charge in [-0.15, -0.1) is 0 Å². The Balaban J connectivity index is 2.04. The van der Waals surface area contributed by atoms with Crippen LogP contribution in [0.5, 0.6) is 0 Å². The van der Waals surface area contributed by atoms with E-state index >= 15 is 0 Å². The first-order valence-corrected chi connectivity index (χ1v) is 14.5. The van der Waals surface area contributed by atoms with Crippen LogP contribution in [0.25, 0.3) is 0 Å². The normalized spacial score (nSPS) is 12.5. The van der Waals surface area contributed by atoms with Gasteiger partial charge in [0.25, 0.3) is 10.0 Å². The molecule has 0 fully saturated rings. The van der Waals surface area contributed by atoms with Crippen molar-refractivity contribution in [2.75, 3.05) is 10.8 Å². The van der Waals surface area contributed by atoms with Gasteiger partial charge in [0.2, 0.25) is 11.8 Å². The lowest BCUT2D eigenvalue weighted by Crippen LogP contribution is -2.54. The SMILES string of the molecule is Cc1ccc(S(=O)(=O)N(CC(=O)N(Cc2ccc(Cl)cc2)C(C)C(=O)NC(C)(C)C)c2ccccc2C)cc1. The van der Waals surface area contributed by atoms with Gasteiger partial charge in [-0.25, -0.2) is 8.42 Å². The minimum absolute atomic E-state index is 0.0759. The number of carbonyl (C=O) groups is 2. The molecule has 1 N–H and O–H groups in total. The number of aryl methyl sites for hydroxylation is 2. The van der Waals surface area contributed by atoms with E-state index in [0.29, 0.717) is 16.3 Å². The van der Waals surface area contributed by atoms with Crippen LogP contribution in [-0.4, -0.2) is 43.3 Å². The van der Waals surface area contributed by atoms with Crippen molar-refractivity contribution in [1.82, 2.24) is 10.2 Å². The zero-order valence-electron chi connectivity index (χ0n) is 23.2. The van der Waals surface area contributed by atoms with Gasteiger partial charge in [-0.05, 0) is 83.0 Å². The highest BCUT2D eigenvalue weighted by Crippen LogP contribution is 2.27. The first-order valence-electron chi connectivity index (χ1n) is 12.7. The number of nitrogens with zero attached hydrogens (tertiary/aromatic N) is 2. The molecule has 208 valence electrons. The number of rotatable bonds is 9. The van der Waals surface area contributed by atoms with Crippen LogP contribution in [-0.2, 0) is 26.2 Å². The molecule has 0 bridgehead atoms. The molecular formula is C30H36ClN3O4S. The Hall–Kier alpha value is -3.36. The molecule has 0 aliphatic carbocycles. The number of nitrogens with one attached hydrogen (secondary N) is 1. The molecule has 0 saturated heterocycles. The van der Waals surface area contributed by atoms with E-state index in [1.807, 2.05) is 33.8 Å². The zero-order valence-corrected chi connectivity index (χ0v) is 24.8. The lowest BCUT2D eigenvalue weighted by Gasteiger charge is -2.33. The smallest absolute Gasteiger partial charge is 0.264 e. The van der Waals surface area contributed by atoms with Gasteiger partial charge < -0.3 is 10.2 Å². The maximum atomic E-state index is 14.0. The van der Waals surface area contributed by atoms with E-state index in [-0.39, 0.29) is 17.3 Å². The Morgan fingerprint density at radius 2 is 1.51 bits per heavy atom. The van der Waals surface area contributed by atoms with E-state index in [1.54, 1.807) is 68.4 Å². The van der Waals surface area contributed by atoms with Gasteiger partial charge >= 0.3 is 0 Å². The molecule has 2 amide bonds. The van der Waals surface area contributed by atoms with Gasteiger partial charge in [0.15, 0.2) is 0 Å². The molecule has 39 heavy (non-hydrogen) atoms. The number of carbonyl (C=O) groups excluding carboxylic acids is 2. The third kappa shape index (κ3) is 7.83. The summed E-state index contributed by atoms with van der Waals surface area (Å²) < 4.78 is 28.9. The second kappa shape index (κ2) is 12.2. The summed E-state index contributed by atoms with van der Waals surface area (Å²) in [5.74, 6) is -0.853. The molecule has 1 atom stereocenters. The lowest BCUT2D eigenvalue weighted by atomic mass is 10.1. The van der Waals surface area contributed by atoms with Crippen molar-refractivity contribution in [2.45, 2.75) is 64.6 Å². The Morgan fingerprint density at radius 3 is 2.08 bits per heavy atom. The van der Waals surface area contributed by atoms with Crippen LogP contribution >= 0.6 is 11.6 Å². The molecular weight excluding hydrogens is 534 g/mol. The lowest BCUT2D eigenvalue weighted by molar-refractivity contribution is -0.140. The first kappa shape index (κ1) is 30.2. The molecule has 0 spiro atoms. The summed E-state index contributed by atoms with van der Waals surface area (Å²) in [6, 6.07) is 19.6. The average molecular weight is 570 g/mol. The van der Waals surface area contributed by atoms with Crippen LogP contribution < -0.4 is 9.62 Å². The van der Waals surface area contributed by atoms with Crippen LogP contribution in [0.2, 0.25) is 5.02 Å². The van der Waals surface area contributed by atoms with Gasteiger partial charge in [-0.2, -0.15) is 0 Å². The summed E-state index contributed by atoms with van der Waals surface area (Å²) in [5, 5.41) is 3.47. The maximum absolute atomic E-state index is 14.0. The molecule has 7 nitrogen and oxygen atoms in total. The largest absolute Gasteiger partial charge is 0.350 e. The Kier molecular flexibility index (Phi) is 9.46. The Morgan fingerprint density at radius 1 is 0.923 bits per heavy atom. The van der Waals surface area contributed by atoms with Gasteiger partial charge in [0, 0.05) is 17.1 Å². The van der Waals surface area contributed by atoms with Gasteiger partial charge in [0.05, 0.1) is 10.6 Å². The topological polar surface area (TPSA) is 86.8 Å². The fraction of sp³-hybridized carbons (Fsp3) is 0.333. The fourth-order valence-corrected chi connectivity index (χ4v) is 5.64. The third-order valence-corrected chi connectivity index (χ3v) is 8.23. The van der Waals surface area contributed by atoms with Crippen molar-refractivity contribution in [1.29, 1.82) is 0 Å². The molecule has 0 heterocycles. The number of sulfonamides is 1. The van der Waals surface area contributed by atoms with Gasteiger partial charge in [-0.3, -0.25) is 13.9 Å². The van der Waals surface area contributed by atoms with Crippen molar-refractivity contribution in [2.24, 2.45) is 0 Å². The second-order valence-electron chi connectivity index (χ2n) is 10.7. The van der Waals surface area contributed by atoms with Crippen LogP contribution in [0.1, 0.15) is 44.4 Å². The van der Waals surface area contributed by atoms with E-state index in [4.69, 9.17) is 11.6 Å². The molecule has 0 saturated carbocycles. The van der Waals surface area contributed by atoms with Gasteiger partial charge in [-0.1, -0.05) is 59.6 Å². The highest BCUT2D eigenvalue weighted by Gasteiger charge is 2.33. The van der Waals surface area contributed by atoms with E-state index in [0.717, 1.165) is 15.4 Å².